The molecule has 2 amide bonds. The summed E-state index contributed by atoms with van der Waals surface area (Å²) in [5.41, 5.74) is 0.664. The van der Waals surface area contributed by atoms with Crippen LogP contribution in [-0.4, -0.2) is 61.5 Å². The fourth-order valence-corrected chi connectivity index (χ4v) is 3.33. The van der Waals surface area contributed by atoms with Gasteiger partial charge < -0.3 is 20.4 Å². The van der Waals surface area contributed by atoms with Gasteiger partial charge in [-0.3, -0.25) is 9.59 Å². The zero-order chi connectivity index (χ0) is 18.4. The van der Waals surface area contributed by atoms with Crippen molar-refractivity contribution in [3.63, 3.8) is 0 Å². The van der Waals surface area contributed by atoms with Gasteiger partial charge in [-0.25, -0.2) is 4.98 Å². The van der Waals surface area contributed by atoms with Gasteiger partial charge in [0.2, 0.25) is 5.91 Å². The van der Waals surface area contributed by atoms with Gasteiger partial charge in [0, 0.05) is 39.1 Å². The topological polar surface area (TPSA) is 77.6 Å². The Morgan fingerprint density at radius 1 is 1.19 bits per heavy atom. The maximum absolute atomic E-state index is 12.0. The molecule has 0 aromatic carbocycles. The van der Waals surface area contributed by atoms with E-state index in [-0.39, 0.29) is 18.2 Å². The number of hydrogen-bond donors (Lipinski definition) is 2. The number of likely N-dealkylation sites (N-methyl/N-ethyl adjacent to an activating group) is 1. The fourth-order valence-electron chi connectivity index (χ4n) is 2.69. The van der Waals surface area contributed by atoms with Gasteiger partial charge in [0.1, 0.15) is 5.82 Å². The molecule has 1 saturated heterocycles. The Bertz CT molecular complexity index is 725. The largest absolute Gasteiger partial charge is 0.354 e. The molecule has 0 radical (unpaired) electrons. The van der Waals surface area contributed by atoms with E-state index in [1.807, 2.05) is 23.6 Å². The molecule has 0 aliphatic carbocycles. The van der Waals surface area contributed by atoms with Crippen LogP contribution in [0.15, 0.2) is 35.8 Å². The summed E-state index contributed by atoms with van der Waals surface area (Å²) in [4.78, 5) is 33.4. The van der Waals surface area contributed by atoms with Crippen LogP contribution in [0.3, 0.4) is 0 Å². The summed E-state index contributed by atoms with van der Waals surface area (Å²) < 4.78 is 0. The van der Waals surface area contributed by atoms with E-state index in [2.05, 4.69) is 32.5 Å². The Morgan fingerprint density at radius 3 is 2.65 bits per heavy atom. The molecule has 2 aromatic rings. The molecule has 0 unspecified atom stereocenters. The van der Waals surface area contributed by atoms with E-state index in [0.717, 1.165) is 32.0 Å². The number of amides is 2. The summed E-state index contributed by atoms with van der Waals surface area (Å²) in [6, 6.07) is 7.38. The maximum Gasteiger partial charge on any atom is 0.261 e. The second-order valence-electron chi connectivity index (χ2n) is 6.23. The van der Waals surface area contributed by atoms with Crippen LogP contribution in [0.4, 0.5) is 11.5 Å². The summed E-state index contributed by atoms with van der Waals surface area (Å²) in [6.45, 7) is 4.27. The van der Waals surface area contributed by atoms with Gasteiger partial charge in [-0.15, -0.1) is 11.3 Å². The van der Waals surface area contributed by atoms with Crippen LogP contribution in [0.5, 0.6) is 0 Å². The number of nitrogens with zero attached hydrogens (tertiary/aromatic N) is 3. The first-order valence-electron chi connectivity index (χ1n) is 8.63. The molecule has 8 heteroatoms. The number of hydrogen-bond acceptors (Lipinski definition) is 6. The van der Waals surface area contributed by atoms with Crippen LogP contribution < -0.4 is 15.5 Å². The highest BCUT2D eigenvalue weighted by Gasteiger charge is 2.15. The van der Waals surface area contributed by atoms with Crippen LogP contribution in [-0.2, 0) is 4.79 Å². The summed E-state index contributed by atoms with van der Waals surface area (Å²) in [5.74, 6) is 0.635. The van der Waals surface area contributed by atoms with Crippen molar-refractivity contribution in [2.24, 2.45) is 0 Å². The number of pyridine rings is 1. The number of nitrogens with one attached hydrogen (secondary N) is 2. The van der Waals surface area contributed by atoms with E-state index in [1.165, 1.54) is 11.3 Å². The molecule has 1 aliphatic rings. The van der Waals surface area contributed by atoms with Gasteiger partial charge in [-0.1, -0.05) is 6.07 Å². The van der Waals surface area contributed by atoms with Crippen LogP contribution in [0.1, 0.15) is 16.1 Å². The fraction of sp³-hybridized carbons (Fsp3) is 0.389. The molecule has 2 N–H and O–H groups in total. The SMILES string of the molecule is CN1CCN(c2ccc(NC(=O)CCNC(=O)c3cccs3)cn2)CC1. The van der Waals surface area contributed by atoms with Crippen molar-refractivity contribution in [3.05, 3.63) is 40.7 Å². The first-order chi connectivity index (χ1) is 12.6. The molecule has 2 aromatic heterocycles. The first kappa shape index (κ1) is 18.3. The molecular formula is C18H23N5O2S. The number of piperazine rings is 1. The number of rotatable bonds is 6. The first-order valence-corrected chi connectivity index (χ1v) is 9.51. The van der Waals surface area contributed by atoms with E-state index in [4.69, 9.17) is 0 Å². The molecule has 138 valence electrons. The highest BCUT2D eigenvalue weighted by Crippen LogP contribution is 2.16. The Balaban J connectivity index is 1.42. The van der Waals surface area contributed by atoms with Gasteiger partial charge in [0.15, 0.2) is 0 Å². The summed E-state index contributed by atoms with van der Waals surface area (Å²) in [7, 11) is 2.12. The Kier molecular flexibility index (Phi) is 6.19. The second kappa shape index (κ2) is 8.77. The number of carbonyl (C=O) groups is 2. The van der Waals surface area contributed by atoms with Crippen molar-refractivity contribution in [2.45, 2.75) is 6.42 Å². The molecule has 0 saturated carbocycles. The van der Waals surface area contributed by atoms with Crippen molar-refractivity contribution in [1.29, 1.82) is 0 Å². The monoisotopic (exact) mass is 373 g/mol. The number of thiophene rings is 1. The lowest BCUT2D eigenvalue weighted by Gasteiger charge is -2.33. The minimum absolute atomic E-state index is 0.147. The summed E-state index contributed by atoms with van der Waals surface area (Å²) in [6.07, 6.45) is 1.90. The van der Waals surface area contributed by atoms with E-state index in [1.54, 1.807) is 12.3 Å². The van der Waals surface area contributed by atoms with E-state index >= 15 is 0 Å². The van der Waals surface area contributed by atoms with E-state index < -0.39 is 0 Å². The third kappa shape index (κ3) is 5.03. The minimum Gasteiger partial charge on any atom is -0.354 e. The van der Waals surface area contributed by atoms with Crippen LogP contribution in [0.2, 0.25) is 0 Å². The van der Waals surface area contributed by atoms with Crippen molar-refractivity contribution >= 4 is 34.7 Å². The predicted molar refractivity (Wildman–Crippen MR) is 104 cm³/mol. The molecule has 0 spiro atoms. The molecule has 1 fully saturated rings. The number of aromatic nitrogens is 1. The van der Waals surface area contributed by atoms with Gasteiger partial charge in [0.25, 0.3) is 5.91 Å². The normalized spacial score (nSPS) is 14.9. The molecule has 0 atom stereocenters. The van der Waals surface area contributed by atoms with Crippen LogP contribution in [0.25, 0.3) is 0 Å². The van der Waals surface area contributed by atoms with Crippen LogP contribution >= 0.6 is 11.3 Å². The minimum atomic E-state index is -0.148. The molecule has 3 rings (SSSR count). The predicted octanol–water partition coefficient (Wildman–Crippen LogP) is 1.65. The average Bonchev–Trinajstić information content (AvgIpc) is 3.18. The number of carbonyl (C=O) groups excluding carboxylic acids is 2. The third-order valence-electron chi connectivity index (χ3n) is 4.24. The smallest absolute Gasteiger partial charge is 0.261 e. The van der Waals surface area contributed by atoms with E-state index in [9.17, 15) is 9.59 Å². The lowest BCUT2D eigenvalue weighted by molar-refractivity contribution is -0.116. The standard InChI is InChI=1S/C18H23N5O2S/c1-22-8-10-23(11-9-22)16-5-4-14(13-20-16)21-17(24)6-7-19-18(25)15-3-2-12-26-15/h2-5,12-13H,6-11H2,1H3,(H,19,25)(H,21,24). The molecular weight excluding hydrogens is 350 g/mol. The van der Waals surface area contributed by atoms with Gasteiger partial charge in [-0.05, 0) is 30.6 Å². The molecule has 7 nitrogen and oxygen atoms in total. The Labute approximate surface area is 157 Å². The van der Waals surface area contributed by atoms with Crippen molar-refractivity contribution in [1.82, 2.24) is 15.2 Å². The zero-order valence-corrected chi connectivity index (χ0v) is 15.6. The van der Waals surface area contributed by atoms with Crippen molar-refractivity contribution in [3.8, 4) is 0 Å². The average molecular weight is 373 g/mol. The molecule has 1 aliphatic heterocycles. The van der Waals surface area contributed by atoms with Crippen molar-refractivity contribution < 1.29 is 9.59 Å². The third-order valence-corrected chi connectivity index (χ3v) is 5.11. The maximum atomic E-state index is 12.0. The van der Waals surface area contributed by atoms with Gasteiger partial charge in [-0.2, -0.15) is 0 Å². The lowest BCUT2D eigenvalue weighted by atomic mass is 10.3. The highest BCUT2D eigenvalue weighted by molar-refractivity contribution is 7.12. The highest BCUT2D eigenvalue weighted by atomic mass is 32.1. The lowest BCUT2D eigenvalue weighted by Crippen LogP contribution is -2.44. The summed E-state index contributed by atoms with van der Waals surface area (Å²) >= 11 is 1.38. The van der Waals surface area contributed by atoms with Gasteiger partial charge in [0.05, 0.1) is 16.8 Å². The Hall–Kier alpha value is -2.45. The van der Waals surface area contributed by atoms with Gasteiger partial charge >= 0.3 is 0 Å². The second-order valence-corrected chi connectivity index (χ2v) is 7.17. The summed E-state index contributed by atoms with van der Waals surface area (Å²) in [5, 5.41) is 7.40. The quantitative estimate of drug-likeness (QED) is 0.805. The molecule has 3 heterocycles. The number of anilines is 2. The Morgan fingerprint density at radius 2 is 2.00 bits per heavy atom. The molecule has 0 bridgehead atoms. The molecule has 26 heavy (non-hydrogen) atoms. The van der Waals surface area contributed by atoms with Crippen LogP contribution in [0, 0.1) is 0 Å². The van der Waals surface area contributed by atoms with Crippen molar-refractivity contribution in [2.75, 3.05) is 50.0 Å². The zero-order valence-electron chi connectivity index (χ0n) is 14.8. The van der Waals surface area contributed by atoms with E-state index in [0.29, 0.717) is 17.1 Å².